The van der Waals surface area contributed by atoms with Gasteiger partial charge >= 0.3 is 5.97 Å². The molecule has 1 amide bonds. The van der Waals surface area contributed by atoms with Crippen LogP contribution in [-0.2, 0) is 0 Å². The molecule has 3 N–H and O–H groups in total. The first-order valence-electron chi connectivity index (χ1n) is 5.97. The van der Waals surface area contributed by atoms with Crippen LogP contribution in [0.3, 0.4) is 0 Å². The summed E-state index contributed by atoms with van der Waals surface area (Å²) in [7, 11) is 0. The number of rotatable bonds is 7. The van der Waals surface area contributed by atoms with Crippen molar-refractivity contribution in [3.8, 4) is 0 Å². The van der Waals surface area contributed by atoms with Gasteiger partial charge in [0, 0.05) is 12.1 Å². The molecule has 0 aromatic heterocycles. The molecule has 1 aromatic carbocycles. The van der Waals surface area contributed by atoms with Gasteiger partial charge in [-0.05, 0) is 37.7 Å². The minimum absolute atomic E-state index is 0.121. The van der Waals surface area contributed by atoms with Crippen molar-refractivity contribution in [3.63, 3.8) is 0 Å². The zero-order valence-corrected chi connectivity index (χ0v) is 10.4. The molecular weight excluding hydrogens is 232 g/mol. The Hall–Kier alpha value is -1.88. The number of hydrogen-bond donors (Lipinski definition) is 3. The van der Waals surface area contributed by atoms with E-state index in [9.17, 15) is 9.59 Å². The first-order chi connectivity index (χ1) is 8.65. The third-order valence-corrected chi connectivity index (χ3v) is 2.44. The van der Waals surface area contributed by atoms with Crippen molar-refractivity contribution in [2.45, 2.75) is 13.3 Å². The maximum Gasteiger partial charge on any atom is 0.335 e. The quantitative estimate of drug-likeness (QED) is 0.633. The van der Waals surface area contributed by atoms with Gasteiger partial charge in [-0.2, -0.15) is 0 Å². The van der Waals surface area contributed by atoms with Crippen molar-refractivity contribution in [1.29, 1.82) is 0 Å². The minimum atomic E-state index is -1.03. The topological polar surface area (TPSA) is 78.4 Å². The first kappa shape index (κ1) is 14.2. The molecule has 0 fully saturated rings. The van der Waals surface area contributed by atoms with Crippen LogP contribution < -0.4 is 10.6 Å². The van der Waals surface area contributed by atoms with Gasteiger partial charge in [0.2, 0.25) is 0 Å². The number of amides is 1. The molecule has 18 heavy (non-hydrogen) atoms. The minimum Gasteiger partial charge on any atom is -0.478 e. The number of carbonyl (C=O) groups is 2. The standard InChI is InChI=1S/C13H18N2O3/c1-2-14-7-4-8-15-12(16)10-5-3-6-11(9-10)13(17)18/h3,5-6,9,14H,2,4,7-8H2,1H3,(H,15,16)(H,17,18). The van der Waals surface area contributed by atoms with E-state index in [0.29, 0.717) is 12.1 Å². The second-order valence-electron chi connectivity index (χ2n) is 3.85. The summed E-state index contributed by atoms with van der Waals surface area (Å²) in [6.07, 6.45) is 0.845. The summed E-state index contributed by atoms with van der Waals surface area (Å²) >= 11 is 0. The molecular formula is C13H18N2O3. The highest BCUT2D eigenvalue weighted by molar-refractivity contribution is 5.97. The van der Waals surface area contributed by atoms with Gasteiger partial charge in [-0.3, -0.25) is 4.79 Å². The molecule has 0 radical (unpaired) electrons. The van der Waals surface area contributed by atoms with Crippen LogP contribution in [0.1, 0.15) is 34.1 Å². The molecule has 0 heterocycles. The molecule has 0 saturated carbocycles. The molecule has 0 unspecified atom stereocenters. The Morgan fingerprint density at radius 3 is 2.61 bits per heavy atom. The highest BCUT2D eigenvalue weighted by atomic mass is 16.4. The fourth-order valence-corrected chi connectivity index (χ4v) is 1.49. The molecule has 0 atom stereocenters. The summed E-state index contributed by atoms with van der Waals surface area (Å²) in [5.41, 5.74) is 0.494. The number of hydrogen-bond acceptors (Lipinski definition) is 3. The smallest absolute Gasteiger partial charge is 0.335 e. The van der Waals surface area contributed by atoms with Crippen molar-refractivity contribution >= 4 is 11.9 Å². The maximum atomic E-state index is 11.7. The SMILES string of the molecule is CCNCCCNC(=O)c1cccc(C(=O)O)c1. The number of carbonyl (C=O) groups excluding carboxylic acids is 1. The predicted molar refractivity (Wildman–Crippen MR) is 68.9 cm³/mol. The van der Waals surface area contributed by atoms with Gasteiger partial charge in [-0.1, -0.05) is 13.0 Å². The third kappa shape index (κ3) is 4.55. The summed E-state index contributed by atoms with van der Waals surface area (Å²) in [5, 5.41) is 14.7. The van der Waals surface area contributed by atoms with Crippen LogP contribution in [0.15, 0.2) is 24.3 Å². The zero-order chi connectivity index (χ0) is 13.4. The Balaban J connectivity index is 2.46. The lowest BCUT2D eigenvalue weighted by Gasteiger charge is -2.06. The van der Waals surface area contributed by atoms with Crippen LogP contribution in [-0.4, -0.2) is 36.6 Å². The highest BCUT2D eigenvalue weighted by Gasteiger charge is 2.08. The number of aromatic carboxylic acids is 1. The van der Waals surface area contributed by atoms with Crippen LogP contribution >= 0.6 is 0 Å². The van der Waals surface area contributed by atoms with Gasteiger partial charge in [0.05, 0.1) is 5.56 Å². The largest absolute Gasteiger partial charge is 0.478 e. The Kier molecular flexibility index (Phi) is 5.87. The van der Waals surface area contributed by atoms with Gasteiger partial charge < -0.3 is 15.7 Å². The van der Waals surface area contributed by atoms with E-state index in [4.69, 9.17) is 5.11 Å². The average molecular weight is 250 g/mol. The average Bonchev–Trinajstić information content (AvgIpc) is 2.38. The van der Waals surface area contributed by atoms with E-state index in [2.05, 4.69) is 10.6 Å². The van der Waals surface area contributed by atoms with E-state index in [-0.39, 0.29) is 11.5 Å². The van der Waals surface area contributed by atoms with Gasteiger partial charge in [-0.25, -0.2) is 4.79 Å². The third-order valence-electron chi connectivity index (χ3n) is 2.44. The second kappa shape index (κ2) is 7.45. The van der Waals surface area contributed by atoms with Gasteiger partial charge in [0.1, 0.15) is 0 Å². The van der Waals surface area contributed by atoms with Crippen LogP contribution in [0.25, 0.3) is 0 Å². The monoisotopic (exact) mass is 250 g/mol. The molecule has 0 aliphatic rings. The number of carboxylic acid groups (broad SMARTS) is 1. The number of nitrogens with one attached hydrogen (secondary N) is 2. The van der Waals surface area contributed by atoms with Crippen LogP contribution in [0.4, 0.5) is 0 Å². The molecule has 0 spiro atoms. The van der Waals surface area contributed by atoms with E-state index in [0.717, 1.165) is 19.5 Å². The summed E-state index contributed by atoms with van der Waals surface area (Å²) < 4.78 is 0. The van der Waals surface area contributed by atoms with Gasteiger partial charge in [-0.15, -0.1) is 0 Å². The van der Waals surface area contributed by atoms with E-state index in [1.807, 2.05) is 6.92 Å². The summed E-state index contributed by atoms with van der Waals surface area (Å²) in [4.78, 5) is 22.5. The lowest BCUT2D eigenvalue weighted by molar-refractivity contribution is 0.0697. The summed E-state index contributed by atoms with van der Waals surface area (Å²) in [5.74, 6) is -1.27. The van der Waals surface area contributed by atoms with Gasteiger partial charge in [0.15, 0.2) is 0 Å². The molecule has 0 saturated heterocycles. The zero-order valence-electron chi connectivity index (χ0n) is 10.4. The Morgan fingerprint density at radius 2 is 1.94 bits per heavy atom. The molecule has 98 valence electrons. The fourth-order valence-electron chi connectivity index (χ4n) is 1.49. The highest BCUT2D eigenvalue weighted by Crippen LogP contribution is 2.05. The van der Waals surface area contributed by atoms with Crippen LogP contribution in [0, 0.1) is 0 Å². The van der Waals surface area contributed by atoms with E-state index in [1.165, 1.54) is 12.1 Å². The van der Waals surface area contributed by atoms with E-state index < -0.39 is 5.97 Å². The molecule has 5 heteroatoms. The Labute approximate surface area is 106 Å². The second-order valence-corrected chi connectivity index (χ2v) is 3.85. The lowest BCUT2D eigenvalue weighted by atomic mass is 10.1. The van der Waals surface area contributed by atoms with E-state index in [1.54, 1.807) is 12.1 Å². The van der Waals surface area contributed by atoms with Crippen molar-refractivity contribution < 1.29 is 14.7 Å². The van der Waals surface area contributed by atoms with Crippen molar-refractivity contribution in [1.82, 2.24) is 10.6 Å². The van der Waals surface area contributed by atoms with Gasteiger partial charge in [0.25, 0.3) is 5.91 Å². The Morgan fingerprint density at radius 1 is 1.22 bits per heavy atom. The van der Waals surface area contributed by atoms with Crippen molar-refractivity contribution in [2.75, 3.05) is 19.6 Å². The molecule has 0 aliphatic heterocycles. The van der Waals surface area contributed by atoms with Crippen molar-refractivity contribution in [3.05, 3.63) is 35.4 Å². The van der Waals surface area contributed by atoms with Crippen molar-refractivity contribution in [2.24, 2.45) is 0 Å². The molecule has 1 rings (SSSR count). The maximum absolute atomic E-state index is 11.7. The predicted octanol–water partition coefficient (Wildman–Crippen LogP) is 1.11. The lowest BCUT2D eigenvalue weighted by Crippen LogP contribution is -2.27. The molecule has 0 aliphatic carbocycles. The number of carboxylic acids is 1. The van der Waals surface area contributed by atoms with Crippen LogP contribution in [0.2, 0.25) is 0 Å². The summed E-state index contributed by atoms with van der Waals surface area (Å²) in [6.45, 7) is 4.36. The molecule has 5 nitrogen and oxygen atoms in total. The van der Waals surface area contributed by atoms with E-state index >= 15 is 0 Å². The normalized spacial score (nSPS) is 10.1. The fraction of sp³-hybridized carbons (Fsp3) is 0.385. The number of benzene rings is 1. The summed E-state index contributed by atoms with van der Waals surface area (Å²) in [6, 6.07) is 6.01. The first-order valence-corrected chi connectivity index (χ1v) is 5.97. The molecule has 1 aromatic rings. The Bertz CT molecular complexity index is 418. The van der Waals surface area contributed by atoms with Crippen LogP contribution in [0.5, 0.6) is 0 Å². The molecule has 0 bridgehead atoms.